The van der Waals surface area contributed by atoms with E-state index in [0.717, 1.165) is 0 Å². The van der Waals surface area contributed by atoms with Crippen molar-refractivity contribution in [3.63, 3.8) is 0 Å². The van der Waals surface area contributed by atoms with Crippen molar-refractivity contribution < 1.29 is 28.0 Å². The molecule has 1 amide bonds. The molecule has 0 atom stereocenters. The molecule has 8 nitrogen and oxygen atoms in total. The number of non-ortho nitro benzene ring substituents is 1. The average molecular weight is 419 g/mol. The van der Waals surface area contributed by atoms with E-state index in [0.29, 0.717) is 29.4 Å². The Morgan fingerprint density at radius 3 is 2.70 bits per heavy atom. The van der Waals surface area contributed by atoms with Gasteiger partial charge in [0.1, 0.15) is 6.54 Å². The molecule has 0 fully saturated rings. The highest BCUT2D eigenvalue weighted by atomic mass is 19.3. The molecule has 0 aliphatic carbocycles. The smallest absolute Gasteiger partial charge is 0.387 e. The van der Waals surface area contributed by atoms with Crippen molar-refractivity contribution in [1.29, 1.82) is 0 Å². The number of carbonyl (C=O) groups is 1. The van der Waals surface area contributed by atoms with Crippen molar-refractivity contribution in [3.05, 3.63) is 64.3 Å². The summed E-state index contributed by atoms with van der Waals surface area (Å²) < 4.78 is 36.1. The predicted octanol–water partition coefficient (Wildman–Crippen LogP) is 3.52. The van der Waals surface area contributed by atoms with E-state index in [4.69, 9.17) is 4.74 Å². The molecule has 3 aromatic rings. The van der Waals surface area contributed by atoms with Gasteiger partial charge in [-0.1, -0.05) is 6.07 Å². The van der Waals surface area contributed by atoms with Crippen LogP contribution in [-0.2, 0) is 17.8 Å². The van der Waals surface area contributed by atoms with Crippen molar-refractivity contribution >= 4 is 22.5 Å². The molecular weight excluding hydrogens is 400 g/mol. The van der Waals surface area contributed by atoms with E-state index in [1.54, 1.807) is 29.0 Å². The fraction of sp³-hybridized carbons (Fsp3) is 0.250. The third kappa shape index (κ3) is 5.02. The largest absolute Gasteiger partial charge is 0.493 e. The van der Waals surface area contributed by atoms with Crippen LogP contribution in [0.3, 0.4) is 0 Å². The Morgan fingerprint density at radius 1 is 1.20 bits per heavy atom. The highest BCUT2D eigenvalue weighted by molar-refractivity contribution is 5.85. The number of halogens is 2. The molecular formula is C20H19F2N3O5. The van der Waals surface area contributed by atoms with E-state index in [2.05, 4.69) is 10.1 Å². The molecule has 0 radical (unpaired) electrons. The van der Waals surface area contributed by atoms with E-state index < -0.39 is 11.5 Å². The van der Waals surface area contributed by atoms with Crippen LogP contribution in [-0.4, -0.2) is 35.7 Å². The summed E-state index contributed by atoms with van der Waals surface area (Å²) in [7, 11) is 1.36. The molecule has 0 bridgehead atoms. The number of nitrogens with zero attached hydrogens (tertiary/aromatic N) is 2. The zero-order chi connectivity index (χ0) is 21.7. The lowest BCUT2D eigenvalue weighted by molar-refractivity contribution is -0.384. The second-order valence-corrected chi connectivity index (χ2v) is 6.41. The number of hydrogen-bond acceptors (Lipinski definition) is 5. The zero-order valence-corrected chi connectivity index (χ0v) is 16.0. The molecule has 1 heterocycles. The van der Waals surface area contributed by atoms with Crippen LogP contribution >= 0.6 is 0 Å². The number of alkyl halides is 2. The van der Waals surface area contributed by atoms with Gasteiger partial charge in [-0.05, 0) is 36.2 Å². The van der Waals surface area contributed by atoms with Crippen LogP contribution in [0.15, 0.2) is 48.7 Å². The number of carbonyl (C=O) groups excluding carboxylic acids is 1. The van der Waals surface area contributed by atoms with E-state index in [1.165, 1.54) is 31.4 Å². The molecule has 158 valence electrons. The van der Waals surface area contributed by atoms with Crippen LogP contribution < -0.4 is 14.8 Å². The van der Waals surface area contributed by atoms with Gasteiger partial charge in [0.25, 0.3) is 5.69 Å². The Hall–Kier alpha value is -3.69. The number of ether oxygens (including phenoxy) is 2. The van der Waals surface area contributed by atoms with Crippen molar-refractivity contribution in [2.75, 3.05) is 13.7 Å². The number of nitro groups is 1. The lowest BCUT2D eigenvalue weighted by atomic mass is 10.1. The van der Waals surface area contributed by atoms with Crippen molar-refractivity contribution in [3.8, 4) is 11.5 Å². The maximum absolute atomic E-state index is 12.5. The van der Waals surface area contributed by atoms with Gasteiger partial charge in [0.2, 0.25) is 5.91 Å². The fourth-order valence-electron chi connectivity index (χ4n) is 3.06. The molecule has 1 N–H and O–H groups in total. The van der Waals surface area contributed by atoms with Crippen LogP contribution in [0.2, 0.25) is 0 Å². The second kappa shape index (κ2) is 9.21. The van der Waals surface area contributed by atoms with Gasteiger partial charge in [-0.25, -0.2) is 0 Å². The van der Waals surface area contributed by atoms with E-state index >= 15 is 0 Å². The number of rotatable bonds is 9. The monoisotopic (exact) mass is 419 g/mol. The molecule has 0 saturated heterocycles. The summed E-state index contributed by atoms with van der Waals surface area (Å²) in [6.45, 7) is -2.63. The molecule has 0 spiro atoms. The highest BCUT2D eigenvalue weighted by Gasteiger charge is 2.13. The molecule has 0 saturated carbocycles. The Balaban J connectivity index is 1.58. The lowest BCUT2D eigenvalue weighted by Crippen LogP contribution is -2.29. The minimum Gasteiger partial charge on any atom is -0.493 e. The molecule has 1 aromatic heterocycles. The van der Waals surface area contributed by atoms with Gasteiger partial charge < -0.3 is 19.4 Å². The molecule has 0 aliphatic rings. The SMILES string of the molecule is COc1ccc(CCNC(=O)Cn2ccc3cc([N+](=O)[O-])ccc32)cc1OC(F)F. The first kappa shape index (κ1) is 21.0. The average Bonchev–Trinajstić information content (AvgIpc) is 3.09. The lowest BCUT2D eigenvalue weighted by Gasteiger charge is -2.12. The summed E-state index contributed by atoms with van der Waals surface area (Å²) in [5.41, 5.74) is 1.39. The number of nitrogens with one attached hydrogen (secondary N) is 1. The van der Waals surface area contributed by atoms with Crippen LogP contribution in [0.5, 0.6) is 11.5 Å². The Kier molecular flexibility index (Phi) is 6.45. The fourth-order valence-corrected chi connectivity index (χ4v) is 3.06. The van der Waals surface area contributed by atoms with Crippen molar-refractivity contribution in [2.45, 2.75) is 19.6 Å². The Labute approximate surface area is 170 Å². The quantitative estimate of drug-likeness (QED) is 0.423. The number of fused-ring (bicyclic) bond motifs is 1. The number of hydrogen-bond donors (Lipinski definition) is 1. The third-order valence-electron chi connectivity index (χ3n) is 4.46. The van der Waals surface area contributed by atoms with Gasteiger partial charge in [-0.15, -0.1) is 0 Å². The second-order valence-electron chi connectivity index (χ2n) is 6.41. The van der Waals surface area contributed by atoms with E-state index in [9.17, 15) is 23.7 Å². The third-order valence-corrected chi connectivity index (χ3v) is 4.46. The minimum absolute atomic E-state index is 0.0145. The summed E-state index contributed by atoms with van der Waals surface area (Å²) >= 11 is 0. The molecule has 10 heteroatoms. The predicted molar refractivity (Wildman–Crippen MR) is 105 cm³/mol. The first-order chi connectivity index (χ1) is 14.4. The van der Waals surface area contributed by atoms with Crippen LogP contribution in [0.1, 0.15) is 5.56 Å². The normalized spacial score (nSPS) is 10.9. The van der Waals surface area contributed by atoms with Gasteiger partial charge in [-0.3, -0.25) is 14.9 Å². The molecule has 3 rings (SSSR count). The van der Waals surface area contributed by atoms with Crippen LogP contribution in [0.4, 0.5) is 14.5 Å². The van der Waals surface area contributed by atoms with Gasteiger partial charge in [0.05, 0.1) is 12.0 Å². The maximum Gasteiger partial charge on any atom is 0.387 e. The molecule has 2 aromatic carbocycles. The summed E-state index contributed by atoms with van der Waals surface area (Å²) in [4.78, 5) is 22.6. The van der Waals surface area contributed by atoms with Gasteiger partial charge >= 0.3 is 6.61 Å². The topological polar surface area (TPSA) is 95.6 Å². The summed E-state index contributed by atoms with van der Waals surface area (Å²) in [5.74, 6) is -0.115. The van der Waals surface area contributed by atoms with Crippen LogP contribution in [0, 0.1) is 10.1 Å². The first-order valence-electron chi connectivity index (χ1n) is 8.99. The summed E-state index contributed by atoms with van der Waals surface area (Å²) in [6, 6.07) is 10.8. The Bertz CT molecular complexity index is 1070. The Morgan fingerprint density at radius 2 is 2.00 bits per heavy atom. The van der Waals surface area contributed by atoms with Gasteiger partial charge in [0, 0.05) is 35.8 Å². The number of nitro benzene ring substituents is 1. The summed E-state index contributed by atoms with van der Waals surface area (Å²) in [6.07, 6.45) is 2.10. The maximum atomic E-state index is 12.5. The summed E-state index contributed by atoms with van der Waals surface area (Å²) in [5, 5.41) is 14.3. The number of aromatic nitrogens is 1. The van der Waals surface area contributed by atoms with Crippen molar-refractivity contribution in [1.82, 2.24) is 9.88 Å². The standard InChI is InChI=1S/C20H19F2N3O5/c1-29-17-5-2-13(10-18(17)30-20(21)22)6-8-23-19(26)12-24-9-7-14-11-15(25(27)28)3-4-16(14)24/h2-5,7,9-11,20H,6,8,12H2,1H3,(H,23,26). The van der Waals surface area contributed by atoms with Gasteiger partial charge in [-0.2, -0.15) is 8.78 Å². The van der Waals surface area contributed by atoms with E-state index in [1.807, 2.05) is 0 Å². The number of methoxy groups -OCH3 is 1. The number of benzene rings is 2. The van der Waals surface area contributed by atoms with Gasteiger partial charge in [0.15, 0.2) is 11.5 Å². The van der Waals surface area contributed by atoms with Crippen molar-refractivity contribution in [2.24, 2.45) is 0 Å². The minimum atomic E-state index is -2.97. The molecule has 30 heavy (non-hydrogen) atoms. The highest BCUT2D eigenvalue weighted by Crippen LogP contribution is 2.29. The van der Waals surface area contributed by atoms with E-state index in [-0.39, 0.29) is 29.6 Å². The molecule has 0 unspecified atom stereocenters. The first-order valence-corrected chi connectivity index (χ1v) is 8.99. The zero-order valence-electron chi connectivity index (χ0n) is 16.0. The molecule has 0 aliphatic heterocycles. The number of amides is 1. The van der Waals surface area contributed by atoms with Crippen LogP contribution in [0.25, 0.3) is 10.9 Å².